The van der Waals surface area contributed by atoms with E-state index in [2.05, 4.69) is 10.6 Å². The number of anilines is 1. The standard InChI is InChI=1S/C24H25N3O4/c1-16-5-4-7-19(13-16)26-23(29)22(28)25-15-17-9-11-27(12-10-17)24(30)21-14-18-6-2-3-8-20(18)31-21/h2-8,13-14,17H,9-12,15H2,1H3,(H,25,28)(H,26,29). The number of hydrogen-bond donors (Lipinski definition) is 2. The topological polar surface area (TPSA) is 91.7 Å². The lowest BCUT2D eigenvalue weighted by molar-refractivity contribution is -0.136. The molecule has 1 aliphatic heterocycles. The molecule has 0 aliphatic carbocycles. The number of nitrogens with zero attached hydrogens (tertiary/aromatic N) is 1. The highest BCUT2D eigenvalue weighted by atomic mass is 16.3. The van der Waals surface area contributed by atoms with Crippen molar-refractivity contribution in [3.8, 4) is 0 Å². The molecule has 4 rings (SSSR count). The van der Waals surface area contributed by atoms with Crippen molar-refractivity contribution in [2.24, 2.45) is 5.92 Å². The first-order valence-corrected chi connectivity index (χ1v) is 10.4. The first-order chi connectivity index (χ1) is 15.0. The Morgan fingerprint density at radius 3 is 2.52 bits per heavy atom. The number of fused-ring (bicyclic) bond motifs is 1. The number of likely N-dealkylation sites (tertiary alicyclic amines) is 1. The Morgan fingerprint density at radius 2 is 1.77 bits per heavy atom. The lowest BCUT2D eigenvalue weighted by Crippen LogP contribution is -2.43. The number of para-hydroxylation sites is 1. The van der Waals surface area contributed by atoms with Crippen LogP contribution in [0, 0.1) is 12.8 Å². The number of piperidine rings is 1. The Kier molecular flexibility index (Phi) is 6.02. The molecule has 7 heteroatoms. The highest BCUT2D eigenvalue weighted by Crippen LogP contribution is 2.23. The lowest BCUT2D eigenvalue weighted by Gasteiger charge is -2.31. The van der Waals surface area contributed by atoms with E-state index < -0.39 is 11.8 Å². The molecule has 3 aromatic rings. The quantitative estimate of drug-likeness (QED) is 0.635. The number of hydrogen-bond acceptors (Lipinski definition) is 4. The maximum absolute atomic E-state index is 12.7. The molecule has 0 spiro atoms. The summed E-state index contributed by atoms with van der Waals surface area (Å²) in [5.41, 5.74) is 2.30. The molecule has 2 aromatic carbocycles. The van der Waals surface area contributed by atoms with Gasteiger partial charge < -0.3 is 20.0 Å². The number of carbonyl (C=O) groups excluding carboxylic acids is 3. The van der Waals surface area contributed by atoms with Crippen LogP contribution in [0.15, 0.2) is 59.0 Å². The van der Waals surface area contributed by atoms with Gasteiger partial charge in [-0.25, -0.2) is 0 Å². The van der Waals surface area contributed by atoms with Gasteiger partial charge in [0.1, 0.15) is 5.58 Å². The molecule has 0 unspecified atom stereocenters. The number of nitrogens with one attached hydrogen (secondary N) is 2. The minimum Gasteiger partial charge on any atom is -0.451 e. The third-order valence-electron chi connectivity index (χ3n) is 5.57. The van der Waals surface area contributed by atoms with Crippen molar-refractivity contribution in [2.75, 3.05) is 25.0 Å². The van der Waals surface area contributed by atoms with E-state index in [1.165, 1.54) is 0 Å². The number of furan rings is 1. The van der Waals surface area contributed by atoms with E-state index in [-0.39, 0.29) is 11.8 Å². The predicted octanol–water partition coefficient (Wildman–Crippen LogP) is 3.35. The van der Waals surface area contributed by atoms with Gasteiger partial charge in [-0.2, -0.15) is 0 Å². The first-order valence-electron chi connectivity index (χ1n) is 10.4. The number of benzene rings is 2. The van der Waals surface area contributed by atoms with Crippen LogP contribution in [0.5, 0.6) is 0 Å². The summed E-state index contributed by atoms with van der Waals surface area (Å²) in [7, 11) is 0. The second-order valence-corrected chi connectivity index (χ2v) is 7.92. The highest BCUT2D eigenvalue weighted by molar-refractivity contribution is 6.39. The monoisotopic (exact) mass is 419 g/mol. The van der Waals surface area contributed by atoms with Crippen molar-refractivity contribution in [1.82, 2.24) is 10.2 Å². The van der Waals surface area contributed by atoms with Gasteiger partial charge in [0.05, 0.1) is 0 Å². The molecule has 1 aliphatic rings. The Balaban J connectivity index is 1.24. The van der Waals surface area contributed by atoms with Crippen molar-refractivity contribution < 1.29 is 18.8 Å². The van der Waals surface area contributed by atoms with E-state index in [4.69, 9.17) is 4.42 Å². The fraction of sp³-hybridized carbons (Fsp3) is 0.292. The zero-order valence-corrected chi connectivity index (χ0v) is 17.4. The summed E-state index contributed by atoms with van der Waals surface area (Å²) in [6.07, 6.45) is 1.51. The van der Waals surface area contributed by atoms with Gasteiger partial charge in [0, 0.05) is 30.7 Å². The molecule has 3 amide bonds. The van der Waals surface area contributed by atoms with Gasteiger partial charge >= 0.3 is 11.8 Å². The molecule has 0 bridgehead atoms. The van der Waals surface area contributed by atoms with E-state index in [1.807, 2.05) is 43.3 Å². The van der Waals surface area contributed by atoms with Crippen molar-refractivity contribution in [2.45, 2.75) is 19.8 Å². The molecule has 7 nitrogen and oxygen atoms in total. The van der Waals surface area contributed by atoms with Gasteiger partial charge in [0.25, 0.3) is 5.91 Å². The van der Waals surface area contributed by atoms with Crippen LogP contribution >= 0.6 is 0 Å². The van der Waals surface area contributed by atoms with Crippen LogP contribution in [-0.2, 0) is 9.59 Å². The molecule has 1 saturated heterocycles. The van der Waals surface area contributed by atoms with Crippen LogP contribution in [0.4, 0.5) is 5.69 Å². The molecule has 0 saturated carbocycles. The van der Waals surface area contributed by atoms with Crippen molar-refractivity contribution in [3.63, 3.8) is 0 Å². The summed E-state index contributed by atoms with van der Waals surface area (Å²) in [5.74, 6) is -0.877. The van der Waals surface area contributed by atoms with Crippen molar-refractivity contribution >= 4 is 34.4 Å². The zero-order valence-electron chi connectivity index (χ0n) is 17.4. The van der Waals surface area contributed by atoms with Crippen molar-refractivity contribution in [3.05, 3.63) is 65.9 Å². The van der Waals surface area contributed by atoms with Gasteiger partial charge in [0.2, 0.25) is 0 Å². The predicted molar refractivity (Wildman–Crippen MR) is 118 cm³/mol. The molecule has 31 heavy (non-hydrogen) atoms. The Labute approximate surface area is 180 Å². The van der Waals surface area contributed by atoms with E-state index in [1.54, 1.807) is 23.1 Å². The molecular formula is C24H25N3O4. The molecule has 0 radical (unpaired) electrons. The Morgan fingerprint density at radius 1 is 1.00 bits per heavy atom. The average molecular weight is 419 g/mol. The summed E-state index contributed by atoms with van der Waals surface area (Å²) in [5, 5.41) is 6.22. The zero-order chi connectivity index (χ0) is 21.8. The summed E-state index contributed by atoms with van der Waals surface area (Å²) in [6, 6.07) is 16.6. The van der Waals surface area contributed by atoms with Gasteiger partial charge in [0.15, 0.2) is 5.76 Å². The Bertz CT molecular complexity index is 1080. The molecule has 1 aromatic heterocycles. The number of rotatable bonds is 4. The minimum absolute atomic E-state index is 0.115. The molecule has 160 valence electrons. The molecular weight excluding hydrogens is 394 g/mol. The fourth-order valence-electron chi connectivity index (χ4n) is 3.81. The minimum atomic E-state index is -0.678. The molecule has 0 atom stereocenters. The van der Waals surface area contributed by atoms with Gasteiger partial charge in [-0.3, -0.25) is 14.4 Å². The summed E-state index contributed by atoms with van der Waals surface area (Å²) in [4.78, 5) is 38.7. The van der Waals surface area contributed by atoms with E-state index in [0.29, 0.717) is 36.7 Å². The van der Waals surface area contributed by atoms with Crippen LogP contribution in [0.2, 0.25) is 0 Å². The van der Waals surface area contributed by atoms with E-state index in [9.17, 15) is 14.4 Å². The average Bonchev–Trinajstić information content (AvgIpc) is 3.21. The van der Waals surface area contributed by atoms with Gasteiger partial charge in [-0.05, 0) is 55.5 Å². The summed E-state index contributed by atoms with van der Waals surface area (Å²) in [6.45, 7) is 3.51. The first kappa shape index (κ1) is 20.7. The Hall–Kier alpha value is -3.61. The van der Waals surface area contributed by atoms with Crippen LogP contribution in [-0.4, -0.2) is 42.3 Å². The third-order valence-corrected chi connectivity index (χ3v) is 5.57. The summed E-state index contributed by atoms with van der Waals surface area (Å²) < 4.78 is 5.68. The van der Waals surface area contributed by atoms with Crippen LogP contribution < -0.4 is 10.6 Å². The highest BCUT2D eigenvalue weighted by Gasteiger charge is 2.26. The van der Waals surface area contributed by atoms with E-state index in [0.717, 1.165) is 23.8 Å². The number of carbonyl (C=O) groups is 3. The number of amides is 3. The largest absolute Gasteiger partial charge is 0.451 e. The van der Waals surface area contributed by atoms with Crippen molar-refractivity contribution in [1.29, 1.82) is 0 Å². The normalized spacial score (nSPS) is 14.4. The van der Waals surface area contributed by atoms with E-state index >= 15 is 0 Å². The molecule has 2 heterocycles. The maximum atomic E-state index is 12.7. The SMILES string of the molecule is Cc1cccc(NC(=O)C(=O)NCC2CCN(C(=O)c3cc4ccccc4o3)CC2)c1. The smallest absolute Gasteiger partial charge is 0.313 e. The maximum Gasteiger partial charge on any atom is 0.313 e. The van der Waals surface area contributed by atoms with Crippen LogP contribution in [0.1, 0.15) is 29.0 Å². The number of aryl methyl sites for hydroxylation is 1. The fourth-order valence-corrected chi connectivity index (χ4v) is 3.81. The third kappa shape index (κ3) is 4.94. The molecule has 1 fully saturated rings. The molecule has 2 N–H and O–H groups in total. The second kappa shape index (κ2) is 9.04. The lowest BCUT2D eigenvalue weighted by atomic mass is 9.96. The van der Waals surface area contributed by atoms with Gasteiger partial charge in [-0.15, -0.1) is 0 Å². The van der Waals surface area contributed by atoms with Gasteiger partial charge in [-0.1, -0.05) is 30.3 Å². The summed E-state index contributed by atoms with van der Waals surface area (Å²) >= 11 is 0. The van der Waals surface area contributed by atoms with Crippen LogP contribution in [0.3, 0.4) is 0 Å². The van der Waals surface area contributed by atoms with Crippen LogP contribution in [0.25, 0.3) is 11.0 Å². The second-order valence-electron chi connectivity index (χ2n) is 7.92.